The van der Waals surface area contributed by atoms with Crippen molar-refractivity contribution in [2.75, 3.05) is 22.9 Å². The Bertz CT molecular complexity index is 1870. The number of carbonyl (C=O) groups is 4. The molecule has 0 saturated heterocycles. The zero-order valence-electron chi connectivity index (χ0n) is 21.7. The van der Waals surface area contributed by atoms with E-state index < -0.39 is 77.1 Å². The highest BCUT2D eigenvalue weighted by molar-refractivity contribution is 7.92. The Kier molecular flexibility index (Phi) is 7.45. The van der Waals surface area contributed by atoms with Gasteiger partial charge in [-0.15, -0.1) is 0 Å². The first kappa shape index (κ1) is 29.9. The fraction of sp³-hybridized carbons (Fsp3) is 0. The van der Waals surface area contributed by atoms with E-state index in [1.807, 2.05) is 0 Å². The van der Waals surface area contributed by atoms with Gasteiger partial charge in [0.15, 0.2) is 0 Å². The molecule has 15 heteroatoms. The van der Waals surface area contributed by atoms with E-state index in [2.05, 4.69) is 0 Å². The fourth-order valence-corrected chi connectivity index (χ4v) is 6.67. The number of nitrogens with two attached hydrogens (primary N) is 4. The summed E-state index contributed by atoms with van der Waals surface area (Å²) in [5.41, 5.74) is 18.4. The van der Waals surface area contributed by atoms with E-state index in [9.17, 15) is 48.0 Å². The Labute approximate surface area is 242 Å². The first-order valence-corrected chi connectivity index (χ1v) is 13.4. The first-order valence-electron chi connectivity index (χ1n) is 11.9. The van der Waals surface area contributed by atoms with Crippen LogP contribution in [0.15, 0.2) is 70.5 Å². The number of aromatic carboxylic acids is 4. The molecule has 0 heterocycles. The second kappa shape index (κ2) is 10.7. The molecule has 0 radical (unpaired) electrons. The lowest BCUT2D eigenvalue weighted by Gasteiger charge is -2.20. The van der Waals surface area contributed by atoms with Gasteiger partial charge in [0.2, 0.25) is 9.84 Å². The maximum absolute atomic E-state index is 14.6. The van der Waals surface area contributed by atoms with E-state index >= 15 is 0 Å². The van der Waals surface area contributed by atoms with Crippen molar-refractivity contribution in [2.45, 2.75) is 9.79 Å². The average Bonchev–Trinajstić information content (AvgIpc) is 2.92. The number of sulfone groups is 1. The van der Waals surface area contributed by atoms with Gasteiger partial charge in [-0.3, -0.25) is 0 Å². The highest BCUT2D eigenvalue weighted by Crippen LogP contribution is 2.43. The van der Waals surface area contributed by atoms with Crippen LogP contribution < -0.4 is 22.9 Å². The van der Waals surface area contributed by atoms with Gasteiger partial charge in [0.25, 0.3) is 0 Å². The van der Waals surface area contributed by atoms with E-state index in [0.717, 1.165) is 36.4 Å². The smallest absolute Gasteiger partial charge is 0.339 e. The lowest BCUT2D eigenvalue weighted by molar-refractivity contribution is 0.0684. The summed E-state index contributed by atoms with van der Waals surface area (Å²) in [5.74, 6) is -6.51. The third-order valence-corrected chi connectivity index (χ3v) is 8.46. The zero-order valence-corrected chi connectivity index (χ0v) is 22.5. The standard InChI is InChI=1S/C28H22N4O10S/c29-17-5-1-11(9-15(17)25(33)34)13-3-7-19(31)21(27(37)38)23(13)43(41,42)24-14(4-8-20(32)22(24)28(39)40)12-2-6-18(30)16(10-12)26(35)36/h1-10H,29-32H2,(H,33,34)(H,35,36)(H,37,38)(H,39,40). The number of anilines is 4. The molecular formula is C28H22N4O10S. The predicted octanol–water partition coefficient (Wildman–Crippen LogP) is 2.98. The van der Waals surface area contributed by atoms with Crippen molar-refractivity contribution in [1.82, 2.24) is 0 Å². The summed E-state index contributed by atoms with van der Waals surface area (Å²) in [6.45, 7) is 0. The van der Waals surface area contributed by atoms with Gasteiger partial charge in [0.1, 0.15) is 11.1 Å². The SMILES string of the molecule is Nc1ccc(-c2ccc(N)c(C(=O)O)c2S(=O)(=O)c2c(-c3ccc(N)c(C(=O)O)c3)ccc(N)c2C(=O)O)cc1C(=O)O. The molecule has 4 rings (SSSR count). The predicted molar refractivity (Wildman–Crippen MR) is 155 cm³/mol. The molecule has 0 aliphatic rings. The minimum absolute atomic E-state index is 0.101. The third kappa shape index (κ3) is 5.11. The molecule has 0 unspecified atom stereocenters. The molecule has 0 amide bonds. The summed E-state index contributed by atoms with van der Waals surface area (Å²) in [4.78, 5) is 46.5. The van der Waals surface area contributed by atoms with E-state index in [-0.39, 0.29) is 33.6 Å². The van der Waals surface area contributed by atoms with Crippen molar-refractivity contribution in [2.24, 2.45) is 0 Å². The lowest BCUT2D eigenvalue weighted by atomic mass is 9.98. The molecule has 43 heavy (non-hydrogen) atoms. The normalized spacial score (nSPS) is 11.2. The molecule has 0 spiro atoms. The Morgan fingerprint density at radius 2 is 0.814 bits per heavy atom. The summed E-state index contributed by atoms with van der Waals surface area (Å²) in [7, 11) is -5.26. The molecule has 0 bridgehead atoms. The van der Waals surface area contributed by atoms with Crippen molar-refractivity contribution >= 4 is 56.5 Å². The summed E-state index contributed by atoms with van der Waals surface area (Å²) < 4.78 is 29.3. The van der Waals surface area contributed by atoms with Gasteiger partial charge in [0.05, 0.1) is 20.9 Å². The average molecular weight is 607 g/mol. The number of carboxylic acid groups (broad SMARTS) is 4. The third-order valence-electron chi connectivity index (χ3n) is 6.53. The van der Waals surface area contributed by atoms with Crippen LogP contribution in [0.2, 0.25) is 0 Å². The molecular weight excluding hydrogens is 584 g/mol. The van der Waals surface area contributed by atoms with Crippen molar-refractivity contribution < 1.29 is 48.0 Å². The van der Waals surface area contributed by atoms with Gasteiger partial charge in [-0.2, -0.15) is 0 Å². The molecule has 12 N–H and O–H groups in total. The zero-order chi connectivity index (χ0) is 32.0. The minimum atomic E-state index is -5.26. The topological polar surface area (TPSA) is 287 Å². The maximum atomic E-state index is 14.6. The fourth-order valence-electron chi connectivity index (χ4n) is 4.57. The van der Waals surface area contributed by atoms with Gasteiger partial charge < -0.3 is 43.4 Å². The van der Waals surface area contributed by atoms with Gasteiger partial charge in [-0.25, -0.2) is 27.6 Å². The summed E-state index contributed by atoms with van der Waals surface area (Å²) in [5, 5.41) is 39.3. The highest BCUT2D eigenvalue weighted by Gasteiger charge is 2.37. The van der Waals surface area contributed by atoms with Gasteiger partial charge in [-0.1, -0.05) is 24.3 Å². The van der Waals surface area contributed by atoms with Crippen LogP contribution in [0.25, 0.3) is 22.3 Å². The molecule has 220 valence electrons. The monoisotopic (exact) mass is 606 g/mol. The van der Waals surface area contributed by atoms with Crippen molar-refractivity contribution in [1.29, 1.82) is 0 Å². The lowest BCUT2D eigenvalue weighted by Crippen LogP contribution is -2.18. The quantitative estimate of drug-likeness (QED) is 0.134. The van der Waals surface area contributed by atoms with Crippen LogP contribution in [-0.4, -0.2) is 52.7 Å². The minimum Gasteiger partial charge on any atom is -0.478 e. The Morgan fingerprint density at radius 1 is 0.488 bits per heavy atom. The Balaban J connectivity index is 2.22. The van der Waals surface area contributed by atoms with Crippen LogP contribution >= 0.6 is 0 Å². The second-order valence-electron chi connectivity index (χ2n) is 9.14. The second-order valence-corrected chi connectivity index (χ2v) is 11.0. The van der Waals surface area contributed by atoms with E-state index in [1.54, 1.807) is 0 Å². The van der Waals surface area contributed by atoms with Crippen LogP contribution in [0.5, 0.6) is 0 Å². The van der Waals surface area contributed by atoms with Crippen molar-refractivity contribution in [3.05, 3.63) is 82.9 Å². The molecule has 0 aromatic heterocycles. The number of rotatable bonds is 8. The molecule has 0 aliphatic carbocycles. The van der Waals surface area contributed by atoms with Crippen LogP contribution in [-0.2, 0) is 9.84 Å². The highest BCUT2D eigenvalue weighted by atomic mass is 32.2. The Morgan fingerprint density at radius 3 is 1.12 bits per heavy atom. The van der Waals surface area contributed by atoms with E-state index in [4.69, 9.17) is 22.9 Å². The largest absolute Gasteiger partial charge is 0.478 e. The molecule has 14 nitrogen and oxygen atoms in total. The number of hydrogen-bond acceptors (Lipinski definition) is 10. The summed E-state index contributed by atoms with van der Waals surface area (Å²) >= 11 is 0. The first-order chi connectivity index (χ1) is 20.1. The van der Waals surface area contributed by atoms with Crippen molar-refractivity contribution in [3.63, 3.8) is 0 Å². The van der Waals surface area contributed by atoms with E-state index in [1.165, 1.54) is 24.3 Å². The number of benzene rings is 4. The summed E-state index contributed by atoms with van der Waals surface area (Å²) in [6, 6.07) is 11.3. The van der Waals surface area contributed by atoms with Crippen LogP contribution in [0.1, 0.15) is 41.4 Å². The van der Waals surface area contributed by atoms with Crippen LogP contribution in [0, 0.1) is 0 Å². The van der Waals surface area contributed by atoms with Crippen LogP contribution in [0.3, 0.4) is 0 Å². The van der Waals surface area contributed by atoms with Gasteiger partial charge in [-0.05, 0) is 47.5 Å². The van der Waals surface area contributed by atoms with Crippen LogP contribution in [0.4, 0.5) is 22.7 Å². The molecule has 4 aromatic rings. The Hall–Kier alpha value is -6.09. The van der Waals surface area contributed by atoms with Crippen molar-refractivity contribution in [3.8, 4) is 22.3 Å². The van der Waals surface area contributed by atoms with E-state index in [0.29, 0.717) is 0 Å². The van der Waals surface area contributed by atoms with Gasteiger partial charge >= 0.3 is 23.9 Å². The molecule has 0 fully saturated rings. The number of nitrogen functional groups attached to an aromatic ring is 4. The number of carboxylic acids is 4. The molecule has 0 atom stereocenters. The molecule has 0 saturated carbocycles. The summed E-state index contributed by atoms with van der Waals surface area (Å²) in [6.07, 6.45) is 0. The number of hydrogen-bond donors (Lipinski definition) is 8. The van der Waals surface area contributed by atoms with Gasteiger partial charge in [0, 0.05) is 33.9 Å². The molecule has 0 aliphatic heterocycles. The molecule has 4 aromatic carbocycles. The maximum Gasteiger partial charge on any atom is 0.339 e.